The molecule has 1 aliphatic rings. The summed E-state index contributed by atoms with van der Waals surface area (Å²) in [5, 5.41) is 2.58. The minimum atomic E-state index is 0.704. The molecular weight excluding hydrogens is 118 g/mol. The van der Waals surface area contributed by atoms with Crippen molar-refractivity contribution in [2.75, 3.05) is 0 Å². The molecule has 1 aromatic heterocycles. The number of fused-ring (bicyclic) bond motifs is 1. The maximum absolute atomic E-state index is 4.91. The van der Waals surface area contributed by atoms with Gasteiger partial charge in [0.1, 0.15) is 6.26 Å². The fourth-order valence-corrected chi connectivity index (χ4v) is 0.580. The molecule has 3 nitrogen and oxygen atoms in total. The minimum absolute atomic E-state index is 0.704. The van der Waals surface area contributed by atoms with Gasteiger partial charge in [-0.25, -0.2) is 0 Å². The van der Waals surface area contributed by atoms with Crippen LogP contribution in [0.4, 0.5) is 0 Å². The van der Waals surface area contributed by atoms with Crippen molar-refractivity contribution in [2.45, 2.75) is 0 Å². The molecule has 0 aliphatic carbocycles. The van der Waals surface area contributed by atoms with Crippen LogP contribution < -0.4 is 4.74 Å². The zero-order valence-electron chi connectivity index (χ0n) is 4.63. The molecule has 0 fully saturated rings. The lowest BCUT2D eigenvalue weighted by atomic mass is 10.5. The van der Waals surface area contributed by atoms with Crippen LogP contribution in [0.15, 0.2) is 29.0 Å². The molecule has 0 aromatic carbocycles. The van der Waals surface area contributed by atoms with Gasteiger partial charge in [-0.05, 0) is 12.1 Å². The van der Waals surface area contributed by atoms with Crippen molar-refractivity contribution < 1.29 is 9.26 Å². The third-order valence-electron chi connectivity index (χ3n) is 1.05. The Bertz CT molecular complexity index is 234. The number of hydrogen-bond acceptors (Lipinski definition) is 2. The lowest BCUT2D eigenvalue weighted by Gasteiger charge is -1.69. The van der Waals surface area contributed by atoms with E-state index in [4.69, 9.17) is 9.26 Å². The van der Waals surface area contributed by atoms with Gasteiger partial charge >= 0.3 is 0 Å². The van der Waals surface area contributed by atoms with E-state index in [1.807, 2.05) is 12.1 Å². The van der Waals surface area contributed by atoms with Gasteiger partial charge in [0.25, 0.3) is 5.88 Å². The van der Waals surface area contributed by atoms with Crippen molar-refractivity contribution in [3.05, 3.63) is 24.5 Å². The van der Waals surface area contributed by atoms with Gasteiger partial charge in [0, 0.05) is 0 Å². The van der Waals surface area contributed by atoms with Crippen molar-refractivity contribution >= 4 is 0 Å². The quantitative estimate of drug-likeness (QED) is 0.543. The highest BCUT2D eigenvalue weighted by atomic mass is 16.6. The summed E-state index contributed by atoms with van der Waals surface area (Å²) in [6.45, 7) is 0. The van der Waals surface area contributed by atoms with Crippen LogP contribution in [0.25, 0.3) is 0 Å². The molecule has 0 radical (unpaired) electrons. The number of ether oxygens (including phenoxy) is 1. The highest BCUT2D eigenvalue weighted by molar-refractivity contribution is 5.45. The molecule has 0 amide bonds. The van der Waals surface area contributed by atoms with Crippen molar-refractivity contribution in [3.8, 4) is 11.6 Å². The SMILES string of the molecule is c1ccc2c([nH]oc1)O2. The van der Waals surface area contributed by atoms with E-state index in [0.717, 1.165) is 5.75 Å². The van der Waals surface area contributed by atoms with Crippen LogP contribution in [0.2, 0.25) is 0 Å². The number of nitrogens with one attached hydrogen (secondary N) is 1. The predicted octanol–water partition coefficient (Wildman–Crippen LogP) is 1.84. The van der Waals surface area contributed by atoms with Gasteiger partial charge in [0.2, 0.25) is 0 Å². The summed E-state index contributed by atoms with van der Waals surface area (Å²) < 4.78 is 9.67. The van der Waals surface area contributed by atoms with Crippen LogP contribution in [-0.4, -0.2) is 5.16 Å². The lowest BCUT2D eigenvalue weighted by Crippen LogP contribution is -1.52. The maximum atomic E-state index is 4.91. The highest BCUT2D eigenvalue weighted by Crippen LogP contribution is 2.40. The fourth-order valence-electron chi connectivity index (χ4n) is 0.580. The molecule has 0 saturated heterocycles. The average molecular weight is 123 g/mol. The smallest absolute Gasteiger partial charge is 0.270 e. The van der Waals surface area contributed by atoms with Crippen molar-refractivity contribution in [3.63, 3.8) is 0 Å². The number of aromatic nitrogens is 1. The molecule has 1 aromatic rings. The molecular formula is C6H5NO2. The molecule has 9 heavy (non-hydrogen) atoms. The van der Waals surface area contributed by atoms with E-state index in [1.54, 1.807) is 12.3 Å². The monoisotopic (exact) mass is 123 g/mol. The lowest BCUT2D eigenvalue weighted by molar-refractivity contribution is 0.390. The van der Waals surface area contributed by atoms with E-state index < -0.39 is 0 Å². The maximum Gasteiger partial charge on any atom is 0.270 e. The first-order valence-corrected chi connectivity index (χ1v) is 2.64. The van der Waals surface area contributed by atoms with Crippen molar-refractivity contribution in [1.82, 2.24) is 5.16 Å². The largest absolute Gasteiger partial charge is 0.430 e. The third kappa shape index (κ3) is 0.762. The Kier molecular flexibility index (Phi) is 0.773. The molecule has 1 aliphatic heterocycles. The molecule has 2 heterocycles. The van der Waals surface area contributed by atoms with Crippen LogP contribution in [0.5, 0.6) is 11.6 Å². The zero-order valence-corrected chi connectivity index (χ0v) is 4.63. The van der Waals surface area contributed by atoms with Crippen LogP contribution in [0.1, 0.15) is 0 Å². The summed E-state index contributed by atoms with van der Waals surface area (Å²) >= 11 is 0. The summed E-state index contributed by atoms with van der Waals surface area (Å²) in [6, 6.07) is 5.49. The van der Waals surface area contributed by atoms with E-state index in [0.29, 0.717) is 5.88 Å². The summed E-state index contributed by atoms with van der Waals surface area (Å²) in [5.74, 6) is 1.55. The van der Waals surface area contributed by atoms with Gasteiger partial charge in [-0.3, -0.25) is 0 Å². The number of H-pyrrole nitrogens is 1. The van der Waals surface area contributed by atoms with Crippen LogP contribution in [0.3, 0.4) is 0 Å². The number of rotatable bonds is 0. The standard InChI is InChI=1S/C6H5NO2/c1-2-4-8-7-6-5(3-1)9-6/h1-4,7H. The molecule has 0 bridgehead atoms. The second-order valence-electron chi connectivity index (χ2n) is 1.70. The van der Waals surface area contributed by atoms with Crippen LogP contribution in [-0.2, 0) is 0 Å². The van der Waals surface area contributed by atoms with Gasteiger partial charge in [0.15, 0.2) is 5.75 Å². The molecule has 2 rings (SSSR count). The summed E-state index contributed by atoms with van der Waals surface area (Å²) in [7, 11) is 0. The Hall–Kier alpha value is -1.38. The Balaban J connectivity index is 2.60. The number of aromatic amines is 1. The molecule has 46 valence electrons. The fraction of sp³-hybridized carbons (Fsp3) is 0. The first kappa shape index (κ1) is 4.49. The van der Waals surface area contributed by atoms with E-state index in [9.17, 15) is 0 Å². The highest BCUT2D eigenvalue weighted by Gasteiger charge is 2.17. The summed E-state index contributed by atoms with van der Waals surface area (Å²) in [4.78, 5) is 0. The predicted molar refractivity (Wildman–Crippen MR) is 30.8 cm³/mol. The molecule has 0 atom stereocenters. The average Bonchev–Trinajstić information content (AvgIpc) is 2.46. The molecule has 1 N–H and O–H groups in total. The minimum Gasteiger partial charge on any atom is -0.430 e. The zero-order chi connectivity index (χ0) is 6.10. The Morgan fingerprint density at radius 2 is 2.33 bits per heavy atom. The van der Waals surface area contributed by atoms with Crippen molar-refractivity contribution in [2.24, 2.45) is 0 Å². The molecule has 0 saturated carbocycles. The normalized spacial score (nSPS) is 11.1. The topological polar surface area (TPSA) is 41.5 Å². The van der Waals surface area contributed by atoms with Gasteiger partial charge in [0.05, 0.1) is 0 Å². The van der Waals surface area contributed by atoms with Gasteiger partial charge in [-0.2, -0.15) is 5.16 Å². The third-order valence-corrected chi connectivity index (χ3v) is 1.05. The Morgan fingerprint density at radius 3 is 3.33 bits per heavy atom. The molecule has 0 unspecified atom stereocenters. The van der Waals surface area contributed by atoms with Gasteiger partial charge in [-0.15, -0.1) is 0 Å². The molecule has 0 spiro atoms. The molecule has 3 heteroatoms. The summed E-state index contributed by atoms with van der Waals surface area (Å²) in [6.07, 6.45) is 1.54. The second-order valence-corrected chi connectivity index (χ2v) is 1.70. The second kappa shape index (κ2) is 1.55. The summed E-state index contributed by atoms with van der Waals surface area (Å²) in [5.41, 5.74) is 0. The van der Waals surface area contributed by atoms with E-state index in [1.165, 1.54) is 0 Å². The van der Waals surface area contributed by atoms with E-state index in [-0.39, 0.29) is 0 Å². The van der Waals surface area contributed by atoms with E-state index in [2.05, 4.69) is 5.16 Å². The first-order chi connectivity index (χ1) is 4.47. The van der Waals surface area contributed by atoms with Crippen molar-refractivity contribution in [1.29, 1.82) is 0 Å². The van der Waals surface area contributed by atoms with Gasteiger partial charge in [-0.1, -0.05) is 6.07 Å². The first-order valence-electron chi connectivity index (χ1n) is 2.64. The Labute approximate surface area is 51.5 Å². The van der Waals surface area contributed by atoms with E-state index >= 15 is 0 Å². The van der Waals surface area contributed by atoms with Gasteiger partial charge < -0.3 is 9.26 Å². The Morgan fingerprint density at radius 1 is 1.33 bits per heavy atom. The van der Waals surface area contributed by atoms with Crippen LogP contribution in [0, 0.1) is 0 Å². The van der Waals surface area contributed by atoms with Crippen LogP contribution >= 0.6 is 0 Å². The number of hydrogen-bond donors (Lipinski definition) is 1.